The average molecular weight is 340 g/mol. The minimum Gasteiger partial charge on any atom is -0.277 e. The number of carbonyl (C=O) groups is 3. The summed E-state index contributed by atoms with van der Waals surface area (Å²) < 4.78 is 0. The van der Waals surface area contributed by atoms with E-state index in [1.54, 1.807) is 12.1 Å². The van der Waals surface area contributed by atoms with Crippen LogP contribution in [0.15, 0.2) is 36.4 Å². The van der Waals surface area contributed by atoms with Gasteiger partial charge in [-0.05, 0) is 30.4 Å². The number of rotatable bonds is 7. The molecule has 6 heteroatoms. The van der Waals surface area contributed by atoms with E-state index in [4.69, 9.17) is 0 Å². The molecule has 0 aliphatic carbocycles. The number of carbonyl (C=O) groups excluding carboxylic acids is 3. The number of amides is 3. The zero-order chi connectivity index (χ0) is 17.8. The molecule has 0 saturated heterocycles. The van der Waals surface area contributed by atoms with Gasteiger partial charge in [-0.1, -0.05) is 30.7 Å². The van der Waals surface area contributed by atoms with Crippen LogP contribution in [-0.4, -0.2) is 36.3 Å². The zero-order valence-electron chi connectivity index (χ0n) is 14.1. The first kappa shape index (κ1) is 17.1. The summed E-state index contributed by atoms with van der Waals surface area (Å²) in [6.07, 6.45) is 2.45. The van der Waals surface area contributed by atoms with E-state index < -0.39 is 0 Å². The standard InChI is InChI=1S/C19H20N2O4/c1-25-20-16(22)11-3-2-4-12-21-18(23)14-9-5-7-13-8-6-10-15(17(13)14)19(21)24/h5-10H,2-4,11-12H2,1H3,(H,20,22). The van der Waals surface area contributed by atoms with E-state index in [1.165, 1.54) is 12.0 Å². The van der Waals surface area contributed by atoms with Crippen molar-refractivity contribution in [1.82, 2.24) is 10.4 Å². The Kier molecular flexibility index (Phi) is 5.09. The number of nitrogens with one attached hydrogen (secondary N) is 1. The van der Waals surface area contributed by atoms with Gasteiger partial charge < -0.3 is 0 Å². The first-order valence-corrected chi connectivity index (χ1v) is 8.33. The molecule has 3 rings (SSSR count). The van der Waals surface area contributed by atoms with E-state index in [-0.39, 0.29) is 17.7 Å². The van der Waals surface area contributed by atoms with Gasteiger partial charge in [0.1, 0.15) is 0 Å². The number of imide groups is 1. The molecule has 1 aliphatic rings. The van der Waals surface area contributed by atoms with Gasteiger partial charge in [-0.25, -0.2) is 5.48 Å². The predicted molar refractivity (Wildman–Crippen MR) is 92.9 cm³/mol. The number of hydrogen-bond acceptors (Lipinski definition) is 4. The summed E-state index contributed by atoms with van der Waals surface area (Å²) in [5, 5.41) is 1.65. The van der Waals surface area contributed by atoms with Gasteiger partial charge in [-0.3, -0.25) is 24.1 Å². The molecule has 0 fully saturated rings. The highest BCUT2D eigenvalue weighted by Crippen LogP contribution is 2.30. The quantitative estimate of drug-likeness (QED) is 0.478. The summed E-state index contributed by atoms with van der Waals surface area (Å²) in [5.41, 5.74) is 3.42. The normalized spacial score (nSPS) is 13.4. The van der Waals surface area contributed by atoms with Crippen molar-refractivity contribution in [2.45, 2.75) is 25.7 Å². The Morgan fingerprint density at radius 3 is 2.24 bits per heavy atom. The highest BCUT2D eigenvalue weighted by Gasteiger charge is 2.31. The number of unbranched alkanes of at least 4 members (excludes halogenated alkanes) is 2. The second kappa shape index (κ2) is 7.44. The second-order valence-electron chi connectivity index (χ2n) is 6.01. The van der Waals surface area contributed by atoms with Gasteiger partial charge in [0, 0.05) is 29.5 Å². The predicted octanol–water partition coefficient (Wildman–Crippen LogP) is 2.67. The molecule has 1 aliphatic heterocycles. The van der Waals surface area contributed by atoms with Crippen LogP contribution >= 0.6 is 0 Å². The van der Waals surface area contributed by atoms with Crippen LogP contribution in [0.5, 0.6) is 0 Å². The Morgan fingerprint density at radius 2 is 1.64 bits per heavy atom. The first-order chi connectivity index (χ1) is 12.1. The molecular weight excluding hydrogens is 320 g/mol. The van der Waals surface area contributed by atoms with Crippen molar-refractivity contribution in [3.63, 3.8) is 0 Å². The van der Waals surface area contributed by atoms with Crippen LogP contribution in [0.1, 0.15) is 46.4 Å². The highest BCUT2D eigenvalue weighted by atomic mass is 16.6. The molecule has 0 spiro atoms. The molecule has 0 bridgehead atoms. The fourth-order valence-electron chi connectivity index (χ4n) is 3.18. The van der Waals surface area contributed by atoms with Crippen LogP contribution in [0, 0.1) is 0 Å². The van der Waals surface area contributed by atoms with Crippen molar-refractivity contribution in [3.05, 3.63) is 47.5 Å². The summed E-state index contributed by atoms with van der Waals surface area (Å²) in [5.74, 6) is -0.661. The van der Waals surface area contributed by atoms with Gasteiger partial charge >= 0.3 is 0 Å². The van der Waals surface area contributed by atoms with Crippen molar-refractivity contribution in [2.24, 2.45) is 0 Å². The largest absolute Gasteiger partial charge is 0.277 e. The summed E-state index contributed by atoms with van der Waals surface area (Å²) in [6.45, 7) is 0.355. The van der Waals surface area contributed by atoms with Crippen LogP contribution in [-0.2, 0) is 9.63 Å². The van der Waals surface area contributed by atoms with Crippen LogP contribution in [0.4, 0.5) is 0 Å². The van der Waals surface area contributed by atoms with Crippen molar-refractivity contribution in [2.75, 3.05) is 13.7 Å². The number of benzene rings is 2. The second-order valence-corrected chi connectivity index (χ2v) is 6.01. The van der Waals surface area contributed by atoms with Gasteiger partial charge in [0.05, 0.1) is 7.11 Å². The SMILES string of the molecule is CONC(=O)CCCCCN1C(=O)c2cccc3cccc(c23)C1=O. The Labute approximate surface area is 145 Å². The Balaban J connectivity index is 1.66. The average Bonchev–Trinajstić information content (AvgIpc) is 2.62. The zero-order valence-corrected chi connectivity index (χ0v) is 14.1. The van der Waals surface area contributed by atoms with Gasteiger partial charge in [0.2, 0.25) is 5.91 Å². The highest BCUT2D eigenvalue weighted by molar-refractivity contribution is 6.25. The van der Waals surface area contributed by atoms with Crippen molar-refractivity contribution >= 4 is 28.5 Å². The van der Waals surface area contributed by atoms with Gasteiger partial charge in [0.15, 0.2) is 0 Å². The summed E-state index contributed by atoms with van der Waals surface area (Å²) in [7, 11) is 1.39. The molecule has 0 aromatic heterocycles. The number of hydroxylamine groups is 1. The third kappa shape index (κ3) is 3.39. The molecule has 0 radical (unpaired) electrons. The van der Waals surface area contributed by atoms with Gasteiger partial charge in [-0.15, -0.1) is 0 Å². The van der Waals surface area contributed by atoms with Crippen LogP contribution in [0.3, 0.4) is 0 Å². The molecule has 0 saturated carbocycles. The Hall–Kier alpha value is -2.73. The molecule has 6 nitrogen and oxygen atoms in total. The van der Waals surface area contributed by atoms with Crippen LogP contribution in [0.2, 0.25) is 0 Å². The molecule has 130 valence electrons. The molecule has 0 unspecified atom stereocenters. The lowest BCUT2D eigenvalue weighted by atomic mass is 9.94. The van der Waals surface area contributed by atoms with Gasteiger partial charge in [-0.2, -0.15) is 0 Å². The van der Waals surface area contributed by atoms with E-state index in [2.05, 4.69) is 10.3 Å². The van der Waals surface area contributed by atoms with E-state index in [9.17, 15) is 14.4 Å². The van der Waals surface area contributed by atoms with Gasteiger partial charge in [0.25, 0.3) is 11.8 Å². The number of hydrogen-bond donors (Lipinski definition) is 1. The Morgan fingerprint density at radius 1 is 1.00 bits per heavy atom. The van der Waals surface area contributed by atoms with E-state index in [1.807, 2.05) is 24.3 Å². The maximum absolute atomic E-state index is 12.7. The topological polar surface area (TPSA) is 75.7 Å². The van der Waals surface area contributed by atoms with E-state index in [0.29, 0.717) is 36.9 Å². The van der Waals surface area contributed by atoms with E-state index >= 15 is 0 Å². The summed E-state index contributed by atoms with van der Waals surface area (Å²) in [6, 6.07) is 11.0. The lowest BCUT2D eigenvalue weighted by Gasteiger charge is -2.27. The van der Waals surface area contributed by atoms with Crippen LogP contribution in [0.25, 0.3) is 10.8 Å². The van der Waals surface area contributed by atoms with Crippen LogP contribution < -0.4 is 5.48 Å². The molecule has 3 amide bonds. The maximum Gasteiger partial charge on any atom is 0.261 e. The molecular formula is C19H20N2O4. The van der Waals surface area contributed by atoms with E-state index in [0.717, 1.165) is 17.2 Å². The molecule has 1 N–H and O–H groups in total. The summed E-state index contributed by atoms with van der Waals surface area (Å²) >= 11 is 0. The maximum atomic E-state index is 12.7. The van der Waals surface area contributed by atoms with Crippen molar-refractivity contribution in [3.8, 4) is 0 Å². The third-order valence-electron chi connectivity index (χ3n) is 4.36. The summed E-state index contributed by atoms with van der Waals surface area (Å²) in [4.78, 5) is 42.6. The number of nitrogens with zero attached hydrogens (tertiary/aromatic N) is 1. The fraction of sp³-hybridized carbons (Fsp3) is 0.316. The fourth-order valence-corrected chi connectivity index (χ4v) is 3.18. The minimum absolute atomic E-state index is 0.173. The third-order valence-corrected chi connectivity index (χ3v) is 4.36. The first-order valence-electron chi connectivity index (χ1n) is 8.33. The molecule has 2 aromatic carbocycles. The lowest BCUT2D eigenvalue weighted by molar-refractivity contribution is -0.131. The Bertz CT molecular complexity index is 781. The molecule has 25 heavy (non-hydrogen) atoms. The van der Waals surface area contributed by atoms with Crippen molar-refractivity contribution < 1.29 is 19.2 Å². The van der Waals surface area contributed by atoms with Crippen molar-refractivity contribution in [1.29, 1.82) is 0 Å². The molecule has 2 aromatic rings. The minimum atomic E-state index is -0.244. The molecule has 0 atom stereocenters. The molecule has 1 heterocycles. The smallest absolute Gasteiger partial charge is 0.261 e. The lowest BCUT2D eigenvalue weighted by Crippen LogP contribution is -2.40. The monoisotopic (exact) mass is 340 g/mol.